The molecule has 0 spiro atoms. The summed E-state index contributed by atoms with van der Waals surface area (Å²) in [5, 5.41) is 11.5. The highest BCUT2D eigenvalue weighted by Gasteiger charge is 2.25. The van der Waals surface area contributed by atoms with Crippen molar-refractivity contribution in [1.29, 1.82) is 0 Å². The molecule has 1 aliphatic rings. The first-order chi connectivity index (χ1) is 7.70. The van der Waals surface area contributed by atoms with Crippen molar-refractivity contribution in [3.8, 4) is 0 Å². The topological polar surface area (TPSA) is 61.8 Å². The van der Waals surface area contributed by atoms with E-state index in [9.17, 15) is 0 Å². The molecule has 0 heterocycles. The van der Waals surface area contributed by atoms with Gasteiger partial charge in [0.2, 0.25) is 0 Å². The van der Waals surface area contributed by atoms with Gasteiger partial charge in [-0.1, -0.05) is 29.4 Å². The summed E-state index contributed by atoms with van der Waals surface area (Å²) in [6, 6.07) is 8.57. The van der Waals surface area contributed by atoms with Gasteiger partial charge in [0, 0.05) is 18.2 Å². The van der Waals surface area contributed by atoms with Crippen molar-refractivity contribution in [2.24, 2.45) is 10.9 Å². The third kappa shape index (κ3) is 2.52. The number of hydrogen-bond acceptors (Lipinski definition) is 3. The average Bonchev–Trinajstić information content (AvgIpc) is 3.13. The van der Waals surface area contributed by atoms with Gasteiger partial charge >= 0.3 is 0 Å². The second-order valence-electron chi connectivity index (χ2n) is 4.33. The molecule has 1 aliphatic carbocycles. The van der Waals surface area contributed by atoms with E-state index in [1.807, 2.05) is 24.3 Å². The molecular weight excluding hydrogens is 202 g/mol. The molecule has 0 saturated heterocycles. The summed E-state index contributed by atoms with van der Waals surface area (Å²) in [6.07, 6.45) is 2.64. The summed E-state index contributed by atoms with van der Waals surface area (Å²) in [7, 11) is 2.15. The van der Waals surface area contributed by atoms with Crippen molar-refractivity contribution in [2.75, 3.05) is 7.05 Å². The van der Waals surface area contributed by atoms with Gasteiger partial charge in [-0.15, -0.1) is 0 Å². The second kappa shape index (κ2) is 4.53. The van der Waals surface area contributed by atoms with E-state index in [2.05, 4.69) is 17.1 Å². The van der Waals surface area contributed by atoms with E-state index in [4.69, 9.17) is 10.9 Å². The van der Waals surface area contributed by atoms with Crippen LogP contribution in [0.5, 0.6) is 0 Å². The molecule has 1 aromatic rings. The predicted octanol–water partition coefficient (Wildman–Crippen LogP) is 1.38. The van der Waals surface area contributed by atoms with E-state index in [1.165, 1.54) is 18.4 Å². The lowest BCUT2D eigenvalue weighted by molar-refractivity contribution is 0.316. The highest BCUT2D eigenvalue weighted by molar-refractivity contribution is 5.96. The Balaban J connectivity index is 2.01. The molecule has 1 aromatic carbocycles. The fourth-order valence-corrected chi connectivity index (χ4v) is 1.77. The number of amidine groups is 1. The molecule has 0 aromatic heterocycles. The maximum absolute atomic E-state index is 8.54. The van der Waals surface area contributed by atoms with E-state index >= 15 is 0 Å². The van der Waals surface area contributed by atoms with Crippen LogP contribution in [0.3, 0.4) is 0 Å². The van der Waals surface area contributed by atoms with Gasteiger partial charge in [-0.25, -0.2) is 0 Å². The zero-order valence-electron chi connectivity index (χ0n) is 9.43. The van der Waals surface area contributed by atoms with Crippen molar-refractivity contribution >= 4 is 5.84 Å². The Labute approximate surface area is 95.4 Å². The number of nitrogens with zero attached hydrogens (tertiary/aromatic N) is 2. The molecule has 0 bridgehead atoms. The number of nitrogens with two attached hydrogens (primary N) is 1. The van der Waals surface area contributed by atoms with E-state index in [0.717, 1.165) is 18.2 Å². The van der Waals surface area contributed by atoms with Gasteiger partial charge in [-0.2, -0.15) is 0 Å². The number of rotatable bonds is 4. The summed E-state index contributed by atoms with van der Waals surface area (Å²) in [5.41, 5.74) is 7.50. The quantitative estimate of drug-likeness (QED) is 0.348. The minimum Gasteiger partial charge on any atom is -0.409 e. The molecule has 0 amide bonds. The van der Waals surface area contributed by atoms with Gasteiger partial charge in [-0.3, -0.25) is 4.90 Å². The van der Waals surface area contributed by atoms with E-state index < -0.39 is 0 Å². The Kier molecular flexibility index (Phi) is 3.10. The molecule has 16 heavy (non-hydrogen) atoms. The van der Waals surface area contributed by atoms with Crippen LogP contribution in [0.4, 0.5) is 0 Å². The number of benzene rings is 1. The third-order valence-corrected chi connectivity index (χ3v) is 2.96. The predicted molar refractivity (Wildman–Crippen MR) is 63.4 cm³/mol. The summed E-state index contributed by atoms with van der Waals surface area (Å²) < 4.78 is 0. The fourth-order valence-electron chi connectivity index (χ4n) is 1.77. The Morgan fingerprint density at radius 2 is 2.06 bits per heavy atom. The Morgan fingerprint density at radius 1 is 1.44 bits per heavy atom. The van der Waals surface area contributed by atoms with Crippen LogP contribution in [0.25, 0.3) is 0 Å². The highest BCUT2D eigenvalue weighted by Crippen LogP contribution is 2.26. The summed E-state index contributed by atoms with van der Waals surface area (Å²) >= 11 is 0. The summed E-state index contributed by atoms with van der Waals surface area (Å²) in [6.45, 7) is 0.959. The van der Waals surface area contributed by atoms with Crippen LogP contribution in [-0.4, -0.2) is 29.0 Å². The summed E-state index contributed by atoms with van der Waals surface area (Å²) in [5.74, 6) is 0.155. The molecule has 1 fully saturated rings. The van der Waals surface area contributed by atoms with Crippen LogP contribution in [-0.2, 0) is 6.54 Å². The van der Waals surface area contributed by atoms with Crippen molar-refractivity contribution in [3.63, 3.8) is 0 Å². The third-order valence-electron chi connectivity index (χ3n) is 2.96. The number of oxime groups is 1. The van der Waals surface area contributed by atoms with Gasteiger partial charge in [-0.05, 0) is 25.5 Å². The first-order valence-corrected chi connectivity index (χ1v) is 5.48. The smallest absolute Gasteiger partial charge is 0.170 e. The van der Waals surface area contributed by atoms with Crippen molar-refractivity contribution < 1.29 is 5.21 Å². The standard InChI is InChI=1S/C12H17N3O/c1-15(11-6-7-11)8-9-2-4-10(5-3-9)12(13)14-16/h2-5,11,16H,6-8H2,1H3,(H2,13,14). The lowest BCUT2D eigenvalue weighted by Gasteiger charge is -2.15. The van der Waals surface area contributed by atoms with E-state index in [-0.39, 0.29) is 5.84 Å². The molecule has 1 saturated carbocycles. The molecule has 4 heteroatoms. The van der Waals surface area contributed by atoms with Crippen LogP contribution in [0.1, 0.15) is 24.0 Å². The summed E-state index contributed by atoms with van der Waals surface area (Å²) in [4.78, 5) is 2.36. The maximum atomic E-state index is 8.54. The lowest BCUT2D eigenvalue weighted by Crippen LogP contribution is -2.20. The van der Waals surface area contributed by atoms with Gasteiger partial charge in [0.25, 0.3) is 0 Å². The van der Waals surface area contributed by atoms with Gasteiger partial charge < -0.3 is 10.9 Å². The monoisotopic (exact) mass is 219 g/mol. The van der Waals surface area contributed by atoms with E-state index in [1.54, 1.807) is 0 Å². The van der Waals surface area contributed by atoms with Gasteiger partial charge in [0.15, 0.2) is 5.84 Å². The van der Waals surface area contributed by atoms with Crippen molar-refractivity contribution in [2.45, 2.75) is 25.4 Å². The zero-order chi connectivity index (χ0) is 11.5. The first-order valence-electron chi connectivity index (χ1n) is 5.48. The Morgan fingerprint density at radius 3 is 2.56 bits per heavy atom. The minimum absolute atomic E-state index is 0.155. The molecule has 86 valence electrons. The Bertz CT molecular complexity index is 382. The van der Waals surface area contributed by atoms with Gasteiger partial charge in [0.1, 0.15) is 0 Å². The molecule has 0 aliphatic heterocycles. The van der Waals surface area contributed by atoms with Gasteiger partial charge in [0.05, 0.1) is 0 Å². The number of hydrogen-bond donors (Lipinski definition) is 2. The Hall–Kier alpha value is -1.55. The molecule has 0 unspecified atom stereocenters. The van der Waals surface area contributed by atoms with Crippen LogP contribution < -0.4 is 5.73 Å². The minimum atomic E-state index is 0.155. The molecular formula is C12H17N3O. The molecule has 4 nitrogen and oxygen atoms in total. The molecule has 2 rings (SSSR count). The first kappa shape index (κ1) is 11.0. The average molecular weight is 219 g/mol. The molecule has 0 radical (unpaired) electrons. The highest BCUT2D eigenvalue weighted by atomic mass is 16.4. The maximum Gasteiger partial charge on any atom is 0.170 e. The molecule has 0 atom stereocenters. The van der Waals surface area contributed by atoms with Crippen LogP contribution in [0.15, 0.2) is 29.4 Å². The normalized spacial score (nSPS) is 16.8. The van der Waals surface area contributed by atoms with Crippen molar-refractivity contribution in [3.05, 3.63) is 35.4 Å². The zero-order valence-corrected chi connectivity index (χ0v) is 9.43. The largest absolute Gasteiger partial charge is 0.409 e. The SMILES string of the molecule is CN(Cc1ccc(/C(N)=N/O)cc1)C1CC1. The molecule has 3 N–H and O–H groups in total. The van der Waals surface area contributed by atoms with E-state index in [0.29, 0.717) is 0 Å². The second-order valence-corrected chi connectivity index (χ2v) is 4.33. The lowest BCUT2D eigenvalue weighted by atomic mass is 10.1. The van der Waals surface area contributed by atoms with Crippen molar-refractivity contribution in [1.82, 2.24) is 4.90 Å². The van der Waals surface area contributed by atoms with Crippen LogP contribution >= 0.6 is 0 Å². The fraction of sp³-hybridized carbons (Fsp3) is 0.417. The van der Waals surface area contributed by atoms with Crippen LogP contribution in [0.2, 0.25) is 0 Å². The van der Waals surface area contributed by atoms with Crippen LogP contribution in [0, 0.1) is 0 Å².